The summed E-state index contributed by atoms with van der Waals surface area (Å²) in [4.78, 5) is 0. The molecule has 0 fully saturated rings. The summed E-state index contributed by atoms with van der Waals surface area (Å²) in [5.74, 6) is -0.201. The third kappa shape index (κ3) is 47.0. The average Bonchev–Trinajstić information content (AvgIpc) is 1.63. The van der Waals surface area contributed by atoms with Crippen LogP contribution < -0.4 is 5.73 Å². The first-order valence-electron chi connectivity index (χ1n) is 2.27. The van der Waals surface area contributed by atoms with Crippen LogP contribution in [0.1, 0.15) is 6.92 Å². The van der Waals surface area contributed by atoms with E-state index in [4.69, 9.17) is 9.96 Å². The van der Waals surface area contributed by atoms with Crippen LogP contribution in [0.5, 0.6) is 0 Å². The summed E-state index contributed by atoms with van der Waals surface area (Å²) in [6.45, 7) is 1.37. The first kappa shape index (κ1) is 12.4. The molecule has 0 aliphatic heterocycles. The normalized spacial score (nSPS) is 9.50. The molecule has 62 valence electrons. The Morgan fingerprint density at radius 1 is 1.80 bits per heavy atom. The maximum Gasteiger partial charge on any atom is 0.264 e. The number of hydrogen-bond donors (Lipinski definition) is 4. The molecule has 0 saturated carbocycles. The SMILES string of the molecule is CCS(=O)(=O)O.N=C(N)S. The molecule has 0 radical (unpaired) electrons. The molecule has 0 unspecified atom stereocenters. The highest BCUT2D eigenvalue weighted by atomic mass is 32.2. The van der Waals surface area contributed by atoms with Gasteiger partial charge in [0.1, 0.15) is 5.17 Å². The molecule has 0 aromatic rings. The van der Waals surface area contributed by atoms with E-state index in [1.807, 2.05) is 0 Å². The summed E-state index contributed by atoms with van der Waals surface area (Å²) in [7, 11) is -3.66. The first-order valence-corrected chi connectivity index (χ1v) is 4.33. The molecule has 5 nitrogen and oxygen atoms in total. The van der Waals surface area contributed by atoms with E-state index in [1.165, 1.54) is 6.92 Å². The van der Waals surface area contributed by atoms with Crippen molar-refractivity contribution >= 4 is 27.9 Å². The van der Waals surface area contributed by atoms with Gasteiger partial charge in [0.2, 0.25) is 0 Å². The van der Waals surface area contributed by atoms with Crippen molar-refractivity contribution in [3.63, 3.8) is 0 Å². The topological polar surface area (TPSA) is 104 Å². The predicted molar refractivity (Wildman–Crippen MR) is 43.0 cm³/mol. The minimum absolute atomic E-state index is 0.139. The van der Waals surface area contributed by atoms with E-state index in [2.05, 4.69) is 18.4 Å². The van der Waals surface area contributed by atoms with Crippen molar-refractivity contribution in [3.05, 3.63) is 0 Å². The van der Waals surface area contributed by atoms with Crippen molar-refractivity contribution in [3.8, 4) is 0 Å². The smallest absolute Gasteiger partial charge is 0.264 e. The minimum atomic E-state index is -3.66. The van der Waals surface area contributed by atoms with Gasteiger partial charge in [0.25, 0.3) is 10.1 Å². The quantitative estimate of drug-likeness (QED) is 0.195. The van der Waals surface area contributed by atoms with E-state index >= 15 is 0 Å². The Morgan fingerprint density at radius 3 is 1.90 bits per heavy atom. The van der Waals surface area contributed by atoms with Crippen molar-refractivity contribution in [2.24, 2.45) is 5.73 Å². The van der Waals surface area contributed by atoms with Gasteiger partial charge >= 0.3 is 0 Å². The molecule has 0 atom stereocenters. The zero-order chi connectivity index (χ0) is 8.78. The average molecular weight is 186 g/mol. The molecule has 0 spiro atoms. The van der Waals surface area contributed by atoms with E-state index in [0.717, 1.165) is 0 Å². The lowest BCUT2D eigenvalue weighted by molar-refractivity contribution is 0.484. The number of nitrogens with one attached hydrogen (secondary N) is 1. The molecular weight excluding hydrogens is 176 g/mol. The second kappa shape index (κ2) is 5.51. The zero-order valence-electron chi connectivity index (χ0n) is 5.40. The van der Waals surface area contributed by atoms with Crippen LogP contribution in [0.3, 0.4) is 0 Å². The van der Waals surface area contributed by atoms with E-state index in [-0.39, 0.29) is 10.9 Å². The first-order chi connectivity index (χ1) is 4.29. The van der Waals surface area contributed by atoms with Gasteiger partial charge in [0.05, 0.1) is 5.75 Å². The molecule has 10 heavy (non-hydrogen) atoms. The molecule has 0 bridgehead atoms. The molecule has 0 amide bonds. The molecular formula is C3H10N2O3S2. The van der Waals surface area contributed by atoms with E-state index < -0.39 is 10.1 Å². The van der Waals surface area contributed by atoms with Crippen LogP contribution in [0.2, 0.25) is 0 Å². The molecule has 0 heterocycles. The second-order valence-electron chi connectivity index (χ2n) is 1.26. The fourth-order valence-electron chi connectivity index (χ4n) is 0. The largest absolute Gasteiger partial charge is 0.379 e. The lowest BCUT2D eigenvalue weighted by Crippen LogP contribution is -1.97. The highest BCUT2D eigenvalue weighted by Crippen LogP contribution is 1.74. The van der Waals surface area contributed by atoms with Gasteiger partial charge in [-0.15, -0.1) is 12.6 Å². The third-order valence-electron chi connectivity index (χ3n) is 0.365. The van der Waals surface area contributed by atoms with Gasteiger partial charge in [0.15, 0.2) is 0 Å². The van der Waals surface area contributed by atoms with Gasteiger partial charge in [-0.2, -0.15) is 8.42 Å². The number of hydrogen-bond acceptors (Lipinski definition) is 3. The van der Waals surface area contributed by atoms with Crippen LogP contribution in [0.25, 0.3) is 0 Å². The molecule has 0 aliphatic rings. The van der Waals surface area contributed by atoms with Crippen molar-refractivity contribution in [2.45, 2.75) is 6.92 Å². The molecule has 0 aromatic carbocycles. The highest BCUT2D eigenvalue weighted by Gasteiger charge is 1.93. The monoisotopic (exact) mass is 186 g/mol. The standard InChI is InChI=1S/C2H6O3S.CH4N2S/c1-2-6(3,4)5;2-1(3)4/h2H2,1H3,(H,3,4,5);(H4,2,3,4). The van der Waals surface area contributed by atoms with E-state index in [9.17, 15) is 8.42 Å². The summed E-state index contributed by atoms with van der Waals surface area (Å²) < 4.78 is 26.9. The Morgan fingerprint density at radius 2 is 1.90 bits per heavy atom. The number of rotatable bonds is 1. The maximum absolute atomic E-state index is 9.56. The van der Waals surface area contributed by atoms with Crippen molar-refractivity contribution in [2.75, 3.05) is 5.75 Å². The molecule has 7 heteroatoms. The van der Waals surface area contributed by atoms with Gasteiger partial charge in [-0.25, -0.2) is 0 Å². The Bertz CT molecular complexity index is 182. The minimum Gasteiger partial charge on any atom is -0.379 e. The number of thiol groups is 1. The summed E-state index contributed by atoms with van der Waals surface area (Å²) in [6.07, 6.45) is 0. The van der Waals surface area contributed by atoms with Crippen LogP contribution in [0.15, 0.2) is 0 Å². The summed E-state index contributed by atoms with van der Waals surface area (Å²) in [6, 6.07) is 0. The van der Waals surface area contributed by atoms with E-state index in [0.29, 0.717) is 0 Å². The molecule has 4 N–H and O–H groups in total. The molecule has 0 aliphatic carbocycles. The third-order valence-corrected chi connectivity index (χ3v) is 1.09. The Labute approximate surface area is 65.3 Å². The van der Waals surface area contributed by atoms with Gasteiger partial charge < -0.3 is 5.73 Å². The molecule has 0 rings (SSSR count). The Balaban J connectivity index is 0. The van der Waals surface area contributed by atoms with Crippen LogP contribution in [0, 0.1) is 5.41 Å². The highest BCUT2D eigenvalue weighted by molar-refractivity contribution is 7.96. The van der Waals surface area contributed by atoms with Crippen molar-refractivity contribution in [1.29, 1.82) is 5.41 Å². The lowest BCUT2D eigenvalue weighted by Gasteiger charge is -1.79. The lowest BCUT2D eigenvalue weighted by atomic mass is 11.0. The van der Waals surface area contributed by atoms with Crippen molar-refractivity contribution < 1.29 is 13.0 Å². The number of nitrogens with two attached hydrogens (primary N) is 1. The molecule has 0 saturated heterocycles. The van der Waals surface area contributed by atoms with Crippen LogP contribution in [0.4, 0.5) is 0 Å². The number of amidine groups is 1. The summed E-state index contributed by atoms with van der Waals surface area (Å²) >= 11 is 3.33. The predicted octanol–water partition coefficient (Wildman–Crippen LogP) is -0.296. The fraction of sp³-hybridized carbons (Fsp3) is 0.667. The van der Waals surface area contributed by atoms with Crippen LogP contribution in [-0.4, -0.2) is 23.9 Å². The summed E-state index contributed by atoms with van der Waals surface area (Å²) in [5.41, 5.74) is 4.56. The van der Waals surface area contributed by atoms with Crippen molar-refractivity contribution in [1.82, 2.24) is 0 Å². The Kier molecular flexibility index (Phi) is 6.84. The second-order valence-corrected chi connectivity index (χ2v) is 3.48. The van der Waals surface area contributed by atoms with Crippen LogP contribution >= 0.6 is 12.6 Å². The zero-order valence-corrected chi connectivity index (χ0v) is 7.11. The van der Waals surface area contributed by atoms with E-state index in [1.54, 1.807) is 0 Å². The maximum atomic E-state index is 9.56. The fourth-order valence-corrected chi connectivity index (χ4v) is 0. The Hall–Kier alpha value is -0.270. The summed E-state index contributed by atoms with van der Waals surface area (Å²) in [5, 5.41) is 6.00. The van der Waals surface area contributed by atoms with Gasteiger partial charge in [0, 0.05) is 0 Å². The van der Waals surface area contributed by atoms with Gasteiger partial charge in [-0.05, 0) is 6.92 Å². The van der Waals surface area contributed by atoms with Gasteiger partial charge in [-0.1, -0.05) is 0 Å². The molecule has 0 aromatic heterocycles. The van der Waals surface area contributed by atoms with Crippen LogP contribution in [-0.2, 0) is 10.1 Å². The van der Waals surface area contributed by atoms with Gasteiger partial charge in [-0.3, -0.25) is 9.96 Å².